The van der Waals surface area contributed by atoms with Crippen molar-refractivity contribution in [2.24, 2.45) is 0 Å². The molecule has 0 bridgehead atoms. The first-order valence-corrected chi connectivity index (χ1v) is 8.07. The van der Waals surface area contributed by atoms with Crippen molar-refractivity contribution in [3.05, 3.63) is 91.3 Å². The van der Waals surface area contributed by atoms with E-state index in [0.717, 1.165) is 17.1 Å². The van der Waals surface area contributed by atoms with E-state index in [1.807, 2.05) is 35.0 Å². The van der Waals surface area contributed by atoms with E-state index < -0.39 is 0 Å². The van der Waals surface area contributed by atoms with Crippen LogP contribution in [0.4, 0.5) is 5.69 Å². The third-order valence-corrected chi connectivity index (χ3v) is 3.91. The molecule has 0 saturated carbocycles. The first-order chi connectivity index (χ1) is 12.8. The number of pyridine rings is 2. The van der Waals surface area contributed by atoms with Crippen LogP contribution in [0, 0.1) is 0 Å². The summed E-state index contributed by atoms with van der Waals surface area (Å²) in [4.78, 5) is 24.8. The van der Waals surface area contributed by atoms with Gasteiger partial charge in [-0.05, 0) is 48.5 Å². The predicted octanol–water partition coefficient (Wildman–Crippen LogP) is 3.58. The number of hydrogen-bond donors (Lipinski definition) is 1. The van der Waals surface area contributed by atoms with Crippen molar-refractivity contribution in [1.29, 1.82) is 0 Å². The summed E-state index contributed by atoms with van der Waals surface area (Å²) in [6.45, 7) is 0. The highest BCUT2D eigenvalue weighted by molar-refractivity contribution is 6.04. The van der Waals surface area contributed by atoms with Crippen LogP contribution in [0.1, 0.15) is 10.4 Å². The average Bonchev–Trinajstić information content (AvgIpc) is 3.19. The number of hydrogen-bond acceptors (Lipinski definition) is 4. The molecule has 4 aromatic rings. The van der Waals surface area contributed by atoms with Gasteiger partial charge in [-0.3, -0.25) is 19.3 Å². The molecule has 0 radical (unpaired) electrons. The van der Waals surface area contributed by atoms with Gasteiger partial charge in [0.15, 0.2) is 0 Å². The van der Waals surface area contributed by atoms with E-state index in [4.69, 9.17) is 0 Å². The van der Waals surface area contributed by atoms with Gasteiger partial charge in [-0.25, -0.2) is 4.98 Å². The molecule has 0 saturated heterocycles. The van der Waals surface area contributed by atoms with Gasteiger partial charge in [-0.2, -0.15) is 0 Å². The first-order valence-electron chi connectivity index (χ1n) is 8.07. The Morgan fingerprint density at radius 2 is 1.69 bits per heavy atom. The third kappa shape index (κ3) is 3.21. The molecule has 0 aliphatic carbocycles. The SMILES string of the molecule is O=C(Nc1cccnc1)c1ccc(-n2ccnc2-c2ccncc2)cc1. The molecule has 6 nitrogen and oxygen atoms in total. The van der Waals surface area contributed by atoms with Crippen molar-refractivity contribution in [2.45, 2.75) is 0 Å². The van der Waals surface area contributed by atoms with Gasteiger partial charge in [0.2, 0.25) is 0 Å². The van der Waals surface area contributed by atoms with Gasteiger partial charge in [-0.1, -0.05) is 0 Å². The van der Waals surface area contributed by atoms with Crippen LogP contribution in [-0.4, -0.2) is 25.4 Å². The Kier molecular flexibility index (Phi) is 4.22. The number of anilines is 1. The normalized spacial score (nSPS) is 10.5. The molecular weight excluding hydrogens is 326 g/mol. The monoisotopic (exact) mass is 341 g/mol. The zero-order chi connectivity index (χ0) is 17.8. The minimum atomic E-state index is -0.176. The van der Waals surface area contributed by atoms with Crippen LogP contribution in [0.2, 0.25) is 0 Å². The molecule has 1 amide bonds. The molecule has 0 spiro atoms. The maximum Gasteiger partial charge on any atom is 0.255 e. The molecule has 0 aliphatic heterocycles. The summed E-state index contributed by atoms with van der Waals surface area (Å²) in [5.41, 5.74) is 3.13. The fraction of sp³-hybridized carbons (Fsp3) is 0. The average molecular weight is 341 g/mol. The lowest BCUT2D eigenvalue weighted by atomic mass is 10.2. The Morgan fingerprint density at radius 1 is 0.885 bits per heavy atom. The van der Waals surface area contributed by atoms with Crippen LogP contribution in [0.5, 0.6) is 0 Å². The fourth-order valence-corrected chi connectivity index (χ4v) is 2.64. The topological polar surface area (TPSA) is 72.7 Å². The largest absolute Gasteiger partial charge is 0.321 e. The maximum absolute atomic E-state index is 12.3. The Hall–Kier alpha value is -3.80. The van der Waals surface area contributed by atoms with Gasteiger partial charge in [-0.15, -0.1) is 0 Å². The van der Waals surface area contributed by atoms with Gasteiger partial charge >= 0.3 is 0 Å². The van der Waals surface area contributed by atoms with Crippen LogP contribution in [0.15, 0.2) is 85.7 Å². The fourth-order valence-electron chi connectivity index (χ4n) is 2.64. The number of carbonyl (C=O) groups excluding carboxylic acids is 1. The molecule has 126 valence electrons. The van der Waals surface area contributed by atoms with E-state index in [-0.39, 0.29) is 5.91 Å². The van der Waals surface area contributed by atoms with E-state index in [0.29, 0.717) is 11.3 Å². The van der Waals surface area contributed by atoms with Crippen molar-refractivity contribution in [2.75, 3.05) is 5.32 Å². The van der Waals surface area contributed by atoms with Crippen LogP contribution < -0.4 is 5.32 Å². The lowest BCUT2D eigenvalue weighted by Crippen LogP contribution is -2.12. The van der Waals surface area contributed by atoms with Gasteiger partial charge in [0, 0.05) is 47.8 Å². The molecule has 0 atom stereocenters. The molecule has 1 N–H and O–H groups in total. The summed E-state index contributed by atoms with van der Waals surface area (Å²) in [6.07, 6.45) is 10.4. The summed E-state index contributed by atoms with van der Waals surface area (Å²) in [6, 6.07) is 14.8. The van der Waals surface area contributed by atoms with Crippen molar-refractivity contribution in [3.63, 3.8) is 0 Å². The lowest BCUT2D eigenvalue weighted by Gasteiger charge is -2.09. The summed E-state index contributed by atoms with van der Waals surface area (Å²) in [5, 5.41) is 2.82. The van der Waals surface area contributed by atoms with Crippen LogP contribution >= 0.6 is 0 Å². The Balaban J connectivity index is 1.58. The summed E-state index contributed by atoms with van der Waals surface area (Å²) in [5.74, 6) is 0.643. The number of nitrogens with zero attached hydrogens (tertiary/aromatic N) is 4. The second kappa shape index (κ2) is 6.98. The van der Waals surface area contributed by atoms with E-state index >= 15 is 0 Å². The first kappa shape index (κ1) is 15.7. The molecule has 0 aliphatic rings. The highest BCUT2D eigenvalue weighted by Crippen LogP contribution is 2.21. The summed E-state index contributed by atoms with van der Waals surface area (Å²) in [7, 11) is 0. The second-order valence-corrected chi connectivity index (χ2v) is 5.60. The molecule has 0 unspecified atom stereocenters. The van der Waals surface area contributed by atoms with E-state index in [1.54, 1.807) is 55.2 Å². The van der Waals surface area contributed by atoms with Gasteiger partial charge < -0.3 is 5.32 Å². The van der Waals surface area contributed by atoms with E-state index in [1.165, 1.54) is 0 Å². The molecular formula is C20H15N5O. The van der Waals surface area contributed by atoms with Gasteiger partial charge in [0.25, 0.3) is 5.91 Å². The van der Waals surface area contributed by atoms with Crippen molar-refractivity contribution in [1.82, 2.24) is 19.5 Å². The molecule has 0 fully saturated rings. The van der Waals surface area contributed by atoms with E-state index in [9.17, 15) is 4.79 Å². The van der Waals surface area contributed by atoms with Crippen LogP contribution in [-0.2, 0) is 0 Å². The molecule has 4 rings (SSSR count). The standard InChI is InChI=1S/C20H15N5O/c26-20(24-17-2-1-9-22-14-17)16-3-5-18(6-4-16)25-13-12-23-19(25)15-7-10-21-11-8-15/h1-14H,(H,24,26). The quantitative estimate of drug-likeness (QED) is 0.616. The maximum atomic E-state index is 12.3. The van der Waals surface area contributed by atoms with Gasteiger partial charge in [0.1, 0.15) is 5.82 Å². The highest BCUT2D eigenvalue weighted by Gasteiger charge is 2.10. The van der Waals surface area contributed by atoms with Crippen molar-refractivity contribution < 1.29 is 4.79 Å². The van der Waals surface area contributed by atoms with Crippen molar-refractivity contribution in [3.8, 4) is 17.1 Å². The smallest absolute Gasteiger partial charge is 0.255 e. The summed E-state index contributed by atoms with van der Waals surface area (Å²) >= 11 is 0. The molecule has 3 heterocycles. The zero-order valence-corrected chi connectivity index (χ0v) is 13.8. The van der Waals surface area contributed by atoms with Crippen LogP contribution in [0.25, 0.3) is 17.1 Å². The van der Waals surface area contributed by atoms with Gasteiger partial charge in [0.05, 0.1) is 11.9 Å². The number of nitrogens with one attached hydrogen (secondary N) is 1. The Bertz CT molecular complexity index is 1010. The van der Waals surface area contributed by atoms with Crippen LogP contribution in [0.3, 0.4) is 0 Å². The van der Waals surface area contributed by atoms with E-state index in [2.05, 4.69) is 20.3 Å². The number of rotatable bonds is 4. The van der Waals surface area contributed by atoms with Crippen molar-refractivity contribution >= 4 is 11.6 Å². The number of amides is 1. The summed E-state index contributed by atoms with van der Waals surface area (Å²) < 4.78 is 1.97. The lowest BCUT2D eigenvalue weighted by molar-refractivity contribution is 0.102. The molecule has 3 aromatic heterocycles. The predicted molar refractivity (Wildman–Crippen MR) is 99.0 cm³/mol. The molecule has 1 aromatic carbocycles. The second-order valence-electron chi connectivity index (χ2n) is 5.60. The number of imidazole rings is 1. The Labute approximate surface area is 150 Å². The third-order valence-electron chi connectivity index (χ3n) is 3.91. The zero-order valence-electron chi connectivity index (χ0n) is 13.8. The molecule has 6 heteroatoms. The highest BCUT2D eigenvalue weighted by atomic mass is 16.1. The minimum Gasteiger partial charge on any atom is -0.321 e. The molecule has 26 heavy (non-hydrogen) atoms. The number of aromatic nitrogens is 4. The number of carbonyl (C=O) groups is 1. The number of benzene rings is 1. The Morgan fingerprint density at radius 3 is 2.42 bits per heavy atom. The minimum absolute atomic E-state index is 0.176.